The number of hydrogen-bond donors (Lipinski definition) is 2. The molecule has 0 aliphatic carbocycles. The van der Waals surface area contributed by atoms with Crippen LogP contribution in [0.15, 0.2) is 91.0 Å². The van der Waals surface area contributed by atoms with Crippen LogP contribution in [-0.4, -0.2) is 47.1 Å². The molecule has 0 amide bonds. The van der Waals surface area contributed by atoms with Gasteiger partial charge in [-0.25, -0.2) is 0 Å². The lowest BCUT2D eigenvalue weighted by Gasteiger charge is -2.48. The largest absolute Gasteiger partial charge is 0.368 e. The zero-order chi connectivity index (χ0) is 24.7. The highest BCUT2D eigenvalue weighted by Crippen LogP contribution is 2.40. The smallest absolute Gasteiger partial charge is 0.329 e. The van der Waals surface area contributed by atoms with Crippen molar-refractivity contribution in [2.75, 3.05) is 6.61 Å². The van der Waals surface area contributed by atoms with Gasteiger partial charge >= 0.3 is 8.60 Å². The minimum absolute atomic E-state index is 0.218. The van der Waals surface area contributed by atoms with Crippen molar-refractivity contribution in [2.24, 2.45) is 0 Å². The molecule has 3 aromatic rings. The van der Waals surface area contributed by atoms with Gasteiger partial charge in [0, 0.05) is 5.56 Å². The molecule has 2 heterocycles. The first-order chi connectivity index (χ1) is 17.7. The molecule has 2 N–H and O–H groups in total. The highest BCUT2D eigenvalue weighted by molar-refractivity contribution is 7.39. The Labute approximate surface area is 211 Å². The van der Waals surface area contributed by atoms with Gasteiger partial charge in [0.1, 0.15) is 24.4 Å². The van der Waals surface area contributed by atoms with Gasteiger partial charge < -0.3 is 33.5 Å². The Morgan fingerprint density at radius 2 is 1.28 bits per heavy atom. The minimum Gasteiger partial charge on any atom is -0.368 e. The van der Waals surface area contributed by atoms with E-state index in [1.165, 1.54) is 0 Å². The van der Waals surface area contributed by atoms with Gasteiger partial charge in [-0.15, -0.1) is 0 Å². The molecule has 2 saturated heterocycles. The van der Waals surface area contributed by atoms with Crippen LogP contribution in [-0.2, 0) is 41.4 Å². The van der Waals surface area contributed by atoms with E-state index in [0.717, 1.165) is 16.7 Å². The molecule has 0 saturated carbocycles. The van der Waals surface area contributed by atoms with E-state index in [4.69, 9.17) is 28.2 Å². The Morgan fingerprint density at radius 1 is 0.722 bits per heavy atom. The lowest BCUT2D eigenvalue weighted by molar-refractivity contribution is -0.362. The third kappa shape index (κ3) is 6.36. The summed E-state index contributed by atoms with van der Waals surface area (Å²) in [6.07, 6.45) is -4.22. The second-order valence-electron chi connectivity index (χ2n) is 8.60. The van der Waals surface area contributed by atoms with E-state index in [-0.39, 0.29) is 13.2 Å². The number of rotatable bonds is 9. The molecule has 5 rings (SSSR count). The van der Waals surface area contributed by atoms with Gasteiger partial charge in [-0.3, -0.25) is 4.52 Å². The topological polar surface area (TPSA) is 95.8 Å². The Hall–Kier alpha value is -2.23. The predicted octanol–water partition coefficient (Wildman–Crippen LogP) is 4.22. The normalized spacial score (nSPS) is 28.1. The summed E-state index contributed by atoms with van der Waals surface area (Å²) in [5.74, 6) is 0. The van der Waals surface area contributed by atoms with Gasteiger partial charge in [-0.1, -0.05) is 91.0 Å². The van der Waals surface area contributed by atoms with Crippen molar-refractivity contribution in [2.45, 2.75) is 50.2 Å². The molecule has 0 bridgehead atoms. The summed E-state index contributed by atoms with van der Waals surface area (Å²) in [5.41, 5.74) is 2.82. The van der Waals surface area contributed by atoms with Crippen molar-refractivity contribution >= 4 is 8.60 Å². The summed E-state index contributed by atoms with van der Waals surface area (Å²) in [5, 5.41) is 0. The van der Waals surface area contributed by atoms with Crippen molar-refractivity contribution in [3.63, 3.8) is 0 Å². The summed E-state index contributed by atoms with van der Waals surface area (Å²) in [7, 11) is -2.70. The van der Waals surface area contributed by atoms with Gasteiger partial charge in [0.25, 0.3) is 0 Å². The fraction of sp³-hybridized carbons (Fsp3) is 0.333. The molecule has 2 fully saturated rings. The van der Waals surface area contributed by atoms with Crippen LogP contribution < -0.4 is 0 Å². The van der Waals surface area contributed by atoms with E-state index < -0.39 is 45.6 Å². The molecule has 8 nitrogen and oxygen atoms in total. The van der Waals surface area contributed by atoms with Gasteiger partial charge in [-0.2, -0.15) is 0 Å². The monoisotopic (exact) mass is 512 g/mol. The van der Waals surface area contributed by atoms with E-state index in [1.54, 1.807) is 0 Å². The van der Waals surface area contributed by atoms with E-state index in [9.17, 15) is 9.79 Å². The maximum absolute atomic E-state index is 9.65. The zero-order valence-corrected chi connectivity index (χ0v) is 20.4. The van der Waals surface area contributed by atoms with Gasteiger partial charge in [-0.05, 0) is 11.1 Å². The first-order valence-corrected chi connectivity index (χ1v) is 13.0. The second kappa shape index (κ2) is 12.3. The fourth-order valence-electron chi connectivity index (χ4n) is 4.40. The van der Waals surface area contributed by atoms with Crippen LogP contribution in [0, 0.1) is 0 Å². The van der Waals surface area contributed by atoms with Gasteiger partial charge in [0.15, 0.2) is 12.6 Å². The second-order valence-corrected chi connectivity index (χ2v) is 9.32. The predicted molar refractivity (Wildman–Crippen MR) is 131 cm³/mol. The number of ether oxygens (including phenoxy) is 5. The summed E-state index contributed by atoms with van der Waals surface area (Å²) < 4.78 is 36.5. The molecule has 6 atom stereocenters. The molecule has 3 aromatic carbocycles. The van der Waals surface area contributed by atoms with Crippen LogP contribution in [0.1, 0.15) is 23.0 Å². The zero-order valence-electron chi connectivity index (χ0n) is 19.5. The van der Waals surface area contributed by atoms with Crippen LogP contribution in [0.3, 0.4) is 0 Å². The maximum Gasteiger partial charge on any atom is 0.329 e. The minimum atomic E-state index is -2.70. The summed E-state index contributed by atoms with van der Waals surface area (Å²) >= 11 is 0. The van der Waals surface area contributed by atoms with Crippen LogP contribution in [0.2, 0.25) is 0 Å². The Balaban J connectivity index is 1.41. The van der Waals surface area contributed by atoms with Gasteiger partial charge in [0.05, 0.1) is 19.8 Å². The summed E-state index contributed by atoms with van der Waals surface area (Å²) in [6.45, 7) is 0.778. The number of fused-ring (bicyclic) bond motifs is 1. The van der Waals surface area contributed by atoms with Crippen molar-refractivity contribution in [1.82, 2.24) is 0 Å². The molecule has 190 valence electrons. The Morgan fingerprint density at radius 3 is 1.86 bits per heavy atom. The maximum atomic E-state index is 9.65. The number of benzene rings is 3. The van der Waals surface area contributed by atoms with Crippen molar-refractivity contribution in [3.05, 3.63) is 108 Å². The molecule has 0 aromatic heterocycles. The third-order valence-corrected chi connectivity index (χ3v) is 6.52. The molecule has 36 heavy (non-hydrogen) atoms. The molecular weight excluding hydrogens is 483 g/mol. The summed E-state index contributed by atoms with van der Waals surface area (Å²) in [4.78, 5) is 19.3. The highest BCUT2D eigenvalue weighted by Gasteiger charge is 2.52. The number of hydrogen-bond acceptors (Lipinski definition) is 8. The van der Waals surface area contributed by atoms with Crippen molar-refractivity contribution < 1.29 is 38.0 Å². The van der Waals surface area contributed by atoms with E-state index in [1.807, 2.05) is 91.0 Å². The van der Waals surface area contributed by atoms with E-state index in [0.29, 0.717) is 6.61 Å². The average molecular weight is 512 g/mol. The molecular formula is C27H29O8P. The van der Waals surface area contributed by atoms with E-state index in [2.05, 4.69) is 0 Å². The molecule has 9 heteroatoms. The van der Waals surface area contributed by atoms with Gasteiger partial charge in [0.2, 0.25) is 0 Å². The lowest BCUT2D eigenvalue weighted by Crippen LogP contribution is -2.63. The first-order valence-electron chi connectivity index (χ1n) is 11.8. The fourth-order valence-corrected chi connectivity index (χ4v) is 4.76. The molecule has 0 spiro atoms. The average Bonchev–Trinajstić information content (AvgIpc) is 2.92. The lowest BCUT2D eigenvalue weighted by atomic mass is 9.97. The SMILES string of the molecule is OP(O)OC1O[C@@H]2COC(c3ccccc3)O[C@H]2[C@H](OCc2ccccc2)[C@@H]1OCc1ccccc1. The Bertz CT molecular complexity index is 1060. The van der Waals surface area contributed by atoms with Crippen LogP contribution in [0.5, 0.6) is 0 Å². The van der Waals surface area contributed by atoms with E-state index >= 15 is 0 Å². The van der Waals surface area contributed by atoms with Crippen LogP contribution in [0.25, 0.3) is 0 Å². The quantitative estimate of drug-likeness (QED) is 0.412. The van der Waals surface area contributed by atoms with Crippen molar-refractivity contribution in [3.8, 4) is 0 Å². The molecule has 2 aliphatic rings. The summed E-state index contributed by atoms with van der Waals surface area (Å²) in [6, 6.07) is 29.1. The molecule has 2 aliphatic heterocycles. The third-order valence-electron chi connectivity index (χ3n) is 6.12. The molecule has 2 unspecified atom stereocenters. The Kier molecular flexibility index (Phi) is 8.71. The van der Waals surface area contributed by atoms with Crippen molar-refractivity contribution in [1.29, 1.82) is 0 Å². The van der Waals surface area contributed by atoms with Crippen LogP contribution >= 0.6 is 8.60 Å². The molecule has 0 radical (unpaired) electrons. The highest BCUT2D eigenvalue weighted by atomic mass is 31.2. The van der Waals surface area contributed by atoms with Crippen LogP contribution in [0.4, 0.5) is 0 Å². The standard InChI is InChI=1S/C27H29O8P/c28-36(29)35-27-25(31-17-20-12-6-2-7-13-20)24(30-16-19-10-4-1-5-11-19)23-22(33-27)18-32-26(34-23)21-14-8-3-9-15-21/h1-15,22-29H,16-18H2/t22-,23-,24+,25+,26?,27?/m1/s1. The first kappa shape index (κ1) is 25.4.